The Balaban J connectivity index is 2.44. The Morgan fingerprint density at radius 2 is 1.79 bits per heavy atom. The summed E-state index contributed by atoms with van der Waals surface area (Å²) < 4.78 is 0. The van der Waals surface area contributed by atoms with E-state index in [-0.39, 0.29) is 0 Å². The van der Waals surface area contributed by atoms with Crippen LogP contribution in [0.4, 0.5) is 0 Å². The third kappa shape index (κ3) is 3.29. The molecule has 1 rings (SSSR count). The fourth-order valence-electron chi connectivity index (χ4n) is 2.56. The van der Waals surface area contributed by atoms with Crippen LogP contribution in [-0.2, 0) is 0 Å². The first kappa shape index (κ1) is 12.1. The van der Waals surface area contributed by atoms with E-state index in [1.54, 1.807) is 0 Å². The van der Waals surface area contributed by atoms with Crippen LogP contribution < -0.4 is 0 Å². The summed E-state index contributed by atoms with van der Waals surface area (Å²) in [5.74, 6) is 3.02. The average molecular weight is 196 g/mol. The van der Waals surface area contributed by atoms with Gasteiger partial charge in [-0.2, -0.15) is 0 Å². The number of rotatable bonds is 6. The predicted octanol–water partition coefficient (Wildman–Crippen LogP) is 4.89. The Morgan fingerprint density at radius 1 is 1.21 bits per heavy atom. The van der Waals surface area contributed by atoms with Crippen LogP contribution in [0, 0.1) is 23.2 Å². The Hall–Kier alpha value is 0. The SMILES string of the molecule is CCC(CC(C)(C)CC)C(C)C1CC1. The molecular weight excluding hydrogens is 168 g/mol. The van der Waals surface area contributed by atoms with Gasteiger partial charge in [0.05, 0.1) is 0 Å². The van der Waals surface area contributed by atoms with Crippen molar-refractivity contribution in [2.75, 3.05) is 0 Å². The lowest BCUT2D eigenvalue weighted by atomic mass is 9.74. The number of hydrogen-bond acceptors (Lipinski definition) is 0. The molecule has 0 bridgehead atoms. The van der Waals surface area contributed by atoms with Crippen LogP contribution in [0.2, 0.25) is 0 Å². The normalized spacial score (nSPS) is 22.1. The third-order valence-corrected chi connectivity index (χ3v) is 4.41. The highest BCUT2D eigenvalue weighted by Gasteiger charge is 2.34. The van der Waals surface area contributed by atoms with E-state index in [0.717, 1.165) is 17.8 Å². The first-order valence-electron chi connectivity index (χ1n) is 6.50. The van der Waals surface area contributed by atoms with Crippen molar-refractivity contribution >= 4 is 0 Å². The summed E-state index contributed by atoms with van der Waals surface area (Å²) in [7, 11) is 0. The van der Waals surface area contributed by atoms with Gasteiger partial charge in [-0.25, -0.2) is 0 Å². The summed E-state index contributed by atoms with van der Waals surface area (Å²) in [6.07, 6.45) is 7.13. The van der Waals surface area contributed by atoms with Gasteiger partial charge in [0.25, 0.3) is 0 Å². The smallest absolute Gasteiger partial charge is 0.0354 e. The molecule has 84 valence electrons. The molecular formula is C14H28. The van der Waals surface area contributed by atoms with E-state index in [1.165, 1.54) is 32.1 Å². The lowest BCUT2D eigenvalue weighted by Crippen LogP contribution is -2.21. The largest absolute Gasteiger partial charge is 0.0651 e. The van der Waals surface area contributed by atoms with Crippen molar-refractivity contribution in [2.45, 2.75) is 66.7 Å². The van der Waals surface area contributed by atoms with Gasteiger partial charge < -0.3 is 0 Å². The highest BCUT2D eigenvalue weighted by Crippen LogP contribution is 2.44. The Labute approximate surface area is 90.5 Å². The maximum absolute atomic E-state index is 2.48. The third-order valence-electron chi connectivity index (χ3n) is 4.41. The van der Waals surface area contributed by atoms with Crippen LogP contribution in [-0.4, -0.2) is 0 Å². The molecule has 2 unspecified atom stereocenters. The summed E-state index contributed by atoms with van der Waals surface area (Å²) in [4.78, 5) is 0. The van der Waals surface area contributed by atoms with Crippen molar-refractivity contribution < 1.29 is 0 Å². The van der Waals surface area contributed by atoms with Gasteiger partial charge in [-0.1, -0.05) is 47.5 Å². The van der Waals surface area contributed by atoms with E-state index in [0.29, 0.717) is 5.41 Å². The first-order chi connectivity index (χ1) is 6.50. The molecule has 0 aliphatic heterocycles. The predicted molar refractivity (Wildman–Crippen MR) is 64.4 cm³/mol. The van der Waals surface area contributed by atoms with Crippen LogP contribution in [0.1, 0.15) is 66.7 Å². The Kier molecular flexibility index (Phi) is 4.04. The summed E-state index contributed by atoms with van der Waals surface area (Å²) >= 11 is 0. The zero-order valence-electron chi connectivity index (χ0n) is 10.8. The van der Waals surface area contributed by atoms with Gasteiger partial charge in [0, 0.05) is 0 Å². The highest BCUT2D eigenvalue weighted by atomic mass is 14.4. The molecule has 0 aromatic rings. The molecule has 0 saturated heterocycles. The Morgan fingerprint density at radius 3 is 2.14 bits per heavy atom. The minimum Gasteiger partial charge on any atom is -0.0651 e. The van der Waals surface area contributed by atoms with Gasteiger partial charge in [0.1, 0.15) is 0 Å². The topological polar surface area (TPSA) is 0 Å². The second kappa shape index (κ2) is 4.68. The van der Waals surface area contributed by atoms with Gasteiger partial charge in [0.15, 0.2) is 0 Å². The second-order valence-corrected chi connectivity index (χ2v) is 6.09. The molecule has 0 radical (unpaired) electrons. The minimum atomic E-state index is 0.559. The molecule has 0 N–H and O–H groups in total. The highest BCUT2D eigenvalue weighted by molar-refractivity contribution is 4.85. The molecule has 0 amide bonds. The number of hydrogen-bond donors (Lipinski definition) is 0. The Bertz CT molecular complexity index is 165. The van der Waals surface area contributed by atoms with E-state index in [2.05, 4.69) is 34.6 Å². The van der Waals surface area contributed by atoms with Crippen molar-refractivity contribution in [3.63, 3.8) is 0 Å². The van der Waals surface area contributed by atoms with Gasteiger partial charge >= 0.3 is 0 Å². The zero-order valence-corrected chi connectivity index (χ0v) is 10.8. The lowest BCUT2D eigenvalue weighted by Gasteiger charge is -2.32. The summed E-state index contributed by atoms with van der Waals surface area (Å²) in [5, 5.41) is 0. The maximum Gasteiger partial charge on any atom is -0.0354 e. The van der Waals surface area contributed by atoms with E-state index in [9.17, 15) is 0 Å². The molecule has 1 fully saturated rings. The van der Waals surface area contributed by atoms with Crippen molar-refractivity contribution in [1.82, 2.24) is 0 Å². The van der Waals surface area contributed by atoms with Crippen molar-refractivity contribution in [1.29, 1.82) is 0 Å². The molecule has 0 aromatic heterocycles. The molecule has 0 spiro atoms. The van der Waals surface area contributed by atoms with Crippen molar-refractivity contribution in [2.24, 2.45) is 23.2 Å². The summed E-state index contributed by atoms with van der Waals surface area (Å²) in [5.41, 5.74) is 0.559. The van der Waals surface area contributed by atoms with E-state index >= 15 is 0 Å². The molecule has 0 heterocycles. The molecule has 2 atom stereocenters. The van der Waals surface area contributed by atoms with Crippen LogP contribution in [0.25, 0.3) is 0 Å². The van der Waals surface area contributed by atoms with Crippen LogP contribution in [0.3, 0.4) is 0 Å². The molecule has 0 heteroatoms. The quantitative estimate of drug-likeness (QED) is 0.567. The first-order valence-corrected chi connectivity index (χ1v) is 6.50. The van der Waals surface area contributed by atoms with Gasteiger partial charge in [-0.15, -0.1) is 0 Å². The average Bonchev–Trinajstić information content (AvgIpc) is 2.96. The molecule has 1 saturated carbocycles. The molecule has 14 heavy (non-hydrogen) atoms. The van der Waals surface area contributed by atoms with Gasteiger partial charge in [-0.05, 0) is 42.4 Å². The van der Waals surface area contributed by atoms with Crippen molar-refractivity contribution in [3.8, 4) is 0 Å². The van der Waals surface area contributed by atoms with Crippen LogP contribution >= 0.6 is 0 Å². The standard InChI is InChI=1S/C14H28/c1-6-12(10-14(4,5)7-2)11(3)13-8-9-13/h11-13H,6-10H2,1-5H3. The fourth-order valence-corrected chi connectivity index (χ4v) is 2.56. The molecule has 0 nitrogen and oxygen atoms in total. The van der Waals surface area contributed by atoms with Crippen LogP contribution in [0.15, 0.2) is 0 Å². The lowest BCUT2D eigenvalue weighted by molar-refractivity contribution is 0.190. The summed E-state index contributed by atoms with van der Waals surface area (Å²) in [6, 6.07) is 0. The van der Waals surface area contributed by atoms with E-state index in [1.807, 2.05) is 0 Å². The fraction of sp³-hybridized carbons (Fsp3) is 1.00. The minimum absolute atomic E-state index is 0.559. The van der Waals surface area contributed by atoms with Gasteiger partial charge in [-0.3, -0.25) is 0 Å². The monoisotopic (exact) mass is 196 g/mol. The van der Waals surface area contributed by atoms with E-state index < -0.39 is 0 Å². The second-order valence-electron chi connectivity index (χ2n) is 6.09. The van der Waals surface area contributed by atoms with Crippen molar-refractivity contribution in [3.05, 3.63) is 0 Å². The summed E-state index contributed by atoms with van der Waals surface area (Å²) in [6.45, 7) is 12.0. The zero-order chi connectivity index (χ0) is 10.8. The molecule has 1 aliphatic carbocycles. The van der Waals surface area contributed by atoms with Gasteiger partial charge in [0.2, 0.25) is 0 Å². The molecule has 0 aromatic carbocycles. The maximum atomic E-state index is 2.48. The van der Waals surface area contributed by atoms with E-state index in [4.69, 9.17) is 0 Å². The molecule has 1 aliphatic rings. The van der Waals surface area contributed by atoms with Crippen LogP contribution in [0.5, 0.6) is 0 Å².